The lowest BCUT2D eigenvalue weighted by molar-refractivity contribution is -0.108. The summed E-state index contributed by atoms with van der Waals surface area (Å²) in [4.78, 5) is 10.4. The van der Waals surface area contributed by atoms with Crippen LogP contribution in [0.25, 0.3) is 0 Å². The van der Waals surface area contributed by atoms with Crippen LogP contribution in [0.5, 0.6) is 0 Å². The van der Waals surface area contributed by atoms with Crippen molar-refractivity contribution >= 4 is 16.8 Å². The number of carbonyl (C=O) groups excluding carboxylic acids is 1. The summed E-state index contributed by atoms with van der Waals surface area (Å²) in [5.41, 5.74) is 0.541. The van der Waals surface area contributed by atoms with E-state index in [0.29, 0.717) is 5.57 Å². The van der Waals surface area contributed by atoms with Crippen molar-refractivity contribution in [1.82, 2.24) is 0 Å². The molecule has 2 heteroatoms. The molecule has 0 aromatic carbocycles. The largest absolute Gasteiger partial charge is 0.276 e. The van der Waals surface area contributed by atoms with Gasteiger partial charge >= 0.3 is 0 Å². The number of hydrogen-bond acceptors (Lipinski definition) is 1. The standard InChI is InChI=1S/C7H9ClO.C2H6/c1-3-5-6(4-2)7(8)9;1-2/h3-5H,1-2H3;1-2H3/b5-3-,6-4+;. The third-order valence-corrected chi connectivity index (χ3v) is 1.10. The Hall–Kier alpha value is -0.560. The number of hydrogen-bond donors (Lipinski definition) is 0. The Morgan fingerprint density at radius 1 is 1.27 bits per heavy atom. The second-order valence-electron chi connectivity index (χ2n) is 1.52. The normalized spacial score (nSPS) is 10.8. The molecule has 0 rings (SSSR count). The monoisotopic (exact) mass is 174 g/mol. The lowest BCUT2D eigenvalue weighted by Gasteiger charge is -1.87. The van der Waals surface area contributed by atoms with Crippen LogP contribution >= 0.6 is 11.6 Å². The van der Waals surface area contributed by atoms with Crippen LogP contribution in [0.3, 0.4) is 0 Å². The van der Waals surface area contributed by atoms with Crippen LogP contribution in [-0.4, -0.2) is 5.24 Å². The fourth-order valence-corrected chi connectivity index (χ4v) is 0.627. The molecule has 0 fully saturated rings. The molecule has 0 saturated heterocycles. The van der Waals surface area contributed by atoms with Crippen molar-refractivity contribution < 1.29 is 4.79 Å². The summed E-state index contributed by atoms with van der Waals surface area (Å²) in [5.74, 6) is 0. The lowest BCUT2D eigenvalue weighted by atomic mass is 10.2. The molecule has 0 aliphatic carbocycles. The van der Waals surface area contributed by atoms with Gasteiger partial charge in [-0.25, -0.2) is 0 Å². The molecule has 0 amide bonds. The van der Waals surface area contributed by atoms with Gasteiger partial charge in [-0.1, -0.05) is 32.1 Å². The molecular formula is C9H15ClO. The highest BCUT2D eigenvalue weighted by Crippen LogP contribution is 2.00. The average Bonchev–Trinajstić information content (AvgIpc) is 2.03. The first-order valence-electron chi connectivity index (χ1n) is 3.71. The quantitative estimate of drug-likeness (QED) is 0.357. The number of rotatable bonds is 2. The van der Waals surface area contributed by atoms with E-state index >= 15 is 0 Å². The molecule has 1 nitrogen and oxygen atoms in total. The Labute approximate surface area is 73.8 Å². The van der Waals surface area contributed by atoms with Gasteiger partial charge in [0.15, 0.2) is 0 Å². The zero-order valence-corrected chi connectivity index (χ0v) is 8.27. The van der Waals surface area contributed by atoms with Gasteiger partial charge in [-0.15, -0.1) is 0 Å². The van der Waals surface area contributed by atoms with Crippen molar-refractivity contribution in [3.05, 3.63) is 23.8 Å². The Kier molecular flexibility index (Phi) is 11.2. The smallest absolute Gasteiger partial charge is 0.252 e. The molecule has 0 bridgehead atoms. The molecule has 0 unspecified atom stereocenters. The van der Waals surface area contributed by atoms with Gasteiger partial charge in [0.25, 0.3) is 5.24 Å². The van der Waals surface area contributed by atoms with E-state index in [1.54, 1.807) is 25.2 Å². The first-order chi connectivity index (χ1) is 5.22. The summed E-state index contributed by atoms with van der Waals surface area (Å²) < 4.78 is 0. The first kappa shape index (κ1) is 13.1. The second-order valence-corrected chi connectivity index (χ2v) is 1.86. The Balaban J connectivity index is 0. The first-order valence-corrected chi connectivity index (χ1v) is 4.09. The molecular weight excluding hydrogens is 160 g/mol. The SMILES string of the molecule is C/C=C\C(=C/C)C(=O)Cl.CC. The van der Waals surface area contributed by atoms with Gasteiger partial charge in [-0.2, -0.15) is 0 Å². The van der Waals surface area contributed by atoms with Crippen LogP contribution in [0.1, 0.15) is 27.7 Å². The van der Waals surface area contributed by atoms with E-state index < -0.39 is 5.24 Å². The van der Waals surface area contributed by atoms with E-state index in [2.05, 4.69) is 0 Å². The maximum atomic E-state index is 10.4. The van der Waals surface area contributed by atoms with Gasteiger partial charge in [0.1, 0.15) is 0 Å². The predicted molar refractivity (Wildman–Crippen MR) is 50.8 cm³/mol. The van der Waals surface area contributed by atoms with Crippen LogP contribution < -0.4 is 0 Å². The minimum Gasteiger partial charge on any atom is -0.276 e. The predicted octanol–water partition coefficient (Wildman–Crippen LogP) is 3.30. The van der Waals surface area contributed by atoms with Crippen LogP contribution in [0.4, 0.5) is 0 Å². The molecule has 0 heterocycles. The molecule has 64 valence electrons. The Morgan fingerprint density at radius 2 is 1.73 bits per heavy atom. The summed E-state index contributed by atoms with van der Waals surface area (Å²) in [7, 11) is 0. The van der Waals surface area contributed by atoms with Gasteiger partial charge in [-0.05, 0) is 25.4 Å². The summed E-state index contributed by atoms with van der Waals surface area (Å²) in [5, 5.41) is -0.407. The molecule has 0 atom stereocenters. The Bertz CT molecular complexity index is 157. The zero-order chi connectivity index (χ0) is 9.28. The molecule has 0 aliphatic heterocycles. The van der Waals surface area contributed by atoms with E-state index in [-0.39, 0.29) is 0 Å². The van der Waals surface area contributed by atoms with Crippen molar-refractivity contribution in [3.8, 4) is 0 Å². The molecule has 0 radical (unpaired) electrons. The highest BCUT2D eigenvalue weighted by atomic mass is 35.5. The van der Waals surface area contributed by atoms with Crippen LogP contribution in [0.15, 0.2) is 23.8 Å². The van der Waals surface area contributed by atoms with Crippen LogP contribution in [-0.2, 0) is 4.79 Å². The average molecular weight is 175 g/mol. The number of carbonyl (C=O) groups is 1. The fourth-order valence-electron chi connectivity index (χ4n) is 0.455. The summed E-state index contributed by atoms with van der Waals surface area (Å²) in [6.07, 6.45) is 5.13. The fraction of sp³-hybridized carbons (Fsp3) is 0.444. The lowest BCUT2D eigenvalue weighted by Crippen LogP contribution is -1.87. The molecule has 0 saturated carbocycles. The van der Waals surface area contributed by atoms with Gasteiger partial charge in [0.2, 0.25) is 0 Å². The van der Waals surface area contributed by atoms with E-state index in [1.807, 2.05) is 20.8 Å². The van der Waals surface area contributed by atoms with E-state index in [4.69, 9.17) is 11.6 Å². The number of halogens is 1. The summed E-state index contributed by atoms with van der Waals surface area (Å²) in [6, 6.07) is 0. The van der Waals surface area contributed by atoms with Crippen molar-refractivity contribution in [2.24, 2.45) is 0 Å². The minimum atomic E-state index is -0.407. The third kappa shape index (κ3) is 7.34. The Morgan fingerprint density at radius 3 is 1.82 bits per heavy atom. The summed E-state index contributed by atoms with van der Waals surface area (Å²) >= 11 is 5.16. The van der Waals surface area contributed by atoms with Crippen LogP contribution in [0.2, 0.25) is 0 Å². The van der Waals surface area contributed by atoms with Gasteiger partial charge < -0.3 is 0 Å². The van der Waals surface area contributed by atoms with Crippen molar-refractivity contribution in [1.29, 1.82) is 0 Å². The van der Waals surface area contributed by atoms with Crippen molar-refractivity contribution in [2.45, 2.75) is 27.7 Å². The molecule has 0 aromatic rings. The van der Waals surface area contributed by atoms with Gasteiger partial charge in [-0.3, -0.25) is 4.79 Å². The topological polar surface area (TPSA) is 17.1 Å². The van der Waals surface area contributed by atoms with E-state index in [1.165, 1.54) is 0 Å². The zero-order valence-electron chi connectivity index (χ0n) is 7.52. The van der Waals surface area contributed by atoms with Crippen molar-refractivity contribution in [3.63, 3.8) is 0 Å². The molecule has 0 spiro atoms. The number of allylic oxidation sites excluding steroid dienone is 4. The third-order valence-electron chi connectivity index (χ3n) is 0.884. The van der Waals surface area contributed by atoms with E-state index in [0.717, 1.165) is 0 Å². The maximum Gasteiger partial charge on any atom is 0.252 e. The highest BCUT2D eigenvalue weighted by molar-refractivity contribution is 6.68. The molecule has 0 N–H and O–H groups in total. The maximum absolute atomic E-state index is 10.4. The summed E-state index contributed by atoms with van der Waals surface area (Å²) in [6.45, 7) is 7.61. The van der Waals surface area contributed by atoms with Gasteiger partial charge in [0, 0.05) is 5.57 Å². The van der Waals surface area contributed by atoms with Crippen LogP contribution in [0, 0.1) is 0 Å². The minimum absolute atomic E-state index is 0.407. The molecule has 0 aromatic heterocycles. The van der Waals surface area contributed by atoms with E-state index in [9.17, 15) is 4.79 Å². The molecule has 0 aliphatic rings. The van der Waals surface area contributed by atoms with Gasteiger partial charge in [0.05, 0.1) is 0 Å². The molecule has 11 heavy (non-hydrogen) atoms. The second kappa shape index (κ2) is 9.44. The highest BCUT2D eigenvalue weighted by Gasteiger charge is 1.96. The van der Waals surface area contributed by atoms with Crippen molar-refractivity contribution in [2.75, 3.05) is 0 Å².